The summed E-state index contributed by atoms with van der Waals surface area (Å²) >= 11 is 4.35. The number of ketones is 1. The second-order valence-corrected chi connectivity index (χ2v) is 3.58. The molecular formula is C9H18OS. The van der Waals surface area contributed by atoms with Crippen LogP contribution in [0.25, 0.3) is 0 Å². The average molecular weight is 174 g/mol. The molecule has 2 heteroatoms. The first-order chi connectivity index (χ1) is 5.20. The Bertz CT molecular complexity index is 112. The van der Waals surface area contributed by atoms with Gasteiger partial charge < -0.3 is 0 Å². The second kappa shape index (κ2) is 6.71. The van der Waals surface area contributed by atoms with Crippen LogP contribution in [0.3, 0.4) is 0 Å². The van der Waals surface area contributed by atoms with Crippen molar-refractivity contribution < 1.29 is 4.79 Å². The molecule has 0 amide bonds. The lowest BCUT2D eigenvalue weighted by atomic mass is 10.1. The highest BCUT2D eigenvalue weighted by Crippen LogP contribution is 2.10. The van der Waals surface area contributed by atoms with Crippen molar-refractivity contribution >= 4 is 18.4 Å². The summed E-state index contributed by atoms with van der Waals surface area (Å²) in [5, 5.41) is 0.486. The van der Waals surface area contributed by atoms with E-state index in [0.717, 1.165) is 25.7 Å². The highest BCUT2D eigenvalue weighted by atomic mass is 32.1. The molecule has 0 aliphatic carbocycles. The molecule has 0 aromatic heterocycles. The maximum Gasteiger partial charge on any atom is 0.132 e. The van der Waals surface area contributed by atoms with E-state index in [1.807, 2.05) is 6.92 Å². The van der Waals surface area contributed by atoms with Crippen LogP contribution in [-0.2, 0) is 4.79 Å². The van der Waals surface area contributed by atoms with Gasteiger partial charge >= 0.3 is 0 Å². The highest BCUT2D eigenvalue weighted by molar-refractivity contribution is 7.80. The third kappa shape index (κ3) is 6.42. The van der Waals surface area contributed by atoms with Gasteiger partial charge in [0.05, 0.1) is 0 Å². The summed E-state index contributed by atoms with van der Waals surface area (Å²) in [4.78, 5) is 10.9. The molecule has 0 aliphatic heterocycles. The molecule has 0 bridgehead atoms. The van der Waals surface area contributed by atoms with Crippen molar-refractivity contribution in [3.63, 3.8) is 0 Å². The second-order valence-electron chi connectivity index (χ2n) is 2.85. The molecule has 0 unspecified atom stereocenters. The molecular weight excluding hydrogens is 156 g/mol. The normalized spacial score (nSPS) is 13.0. The Morgan fingerprint density at radius 2 is 2.09 bits per heavy atom. The van der Waals surface area contributed by atoms with Crippen LogP contribution in [-0.4, -0.2) is 11.0 Å². The molecule has 0 saturated carbocycles. The minimum absolute atomic E-state index is 0.377. The minimum Gasteiger partial charge on any atom is -0.300 e. The summed E-state index contributed by atoms with van der Waals surface area (Å²) in [5.74, 6) is 0.377. The lowest BCUT2D eigenvalue weighted by Crippen LogP contribution is -1.99. The number of carbonyl (C=O) groups excluding carboxylic acids is 1. The summed E-state index contributed by atoms with van der Waals surface area (Å²) in [7, 11) is 0. The fourth-order valence-corrected chi connectivity index (χ4v) is 1.10. The summed E-state index contributed by atoms with van der Waals surface area (Å²) in [5.41, 5.74) is 0. The molecule has 1 atom stereocenters. The zero-order valence-electron chi connectivity index (χ0n) is 7.47. The van der Waals surface area contributed by atoms with Crippen LogP contribution < -0.4 is 0 Å². The zero-order valence-corrected chi connectivity index (χ0v) is 8.36. The molecule has 0 aromatic rings. The maximum absolute atomic E-state index is 10.9. The smallest absolute Gasteiger partial charge is 0.132 e. The Morgan fingerprint density at radius 1 is 1.45 bits per heavy atom. The van der Waals surface area contributed by atoms with Gasteiger partial charge in [0.15, 0.2) is 0 Å². The van der Waals surface area contributed by atoms with E-state index in [4.69, 9.17) is 0 Å². The van der Waals surface area contributed by atoms with Gasteiger partial charge in [-0.3, -0.25) is 4.79 Å². The number of carbonyl (C=O) groups is 1. The van der Waals surface area contributed by atoms with Crippen molar-refractivity contribution in [2.24, 2.45) is 0 Å². The van der Waals surface area contributed by atoms with Gasteiger partial charge in [0.25, 0.3) is 0 Å². The quantitative estimate of drug-likeness (QED) is 0.613. The van der Waals surface area contributed by atoms with E-state index >= 15 is 0 Å². The van der Waals surface area contributed by atoms with Gasteiger partial charge in [-0.15, -0.1) is 0 Å². The van der Waals surface area contributed by atoms with Gasteiger partial charge in [0, 0.05) is 18.1 Å². The summed E-state index contributed by atoms with van der Waals surface area (Å²) in [6.07, 6.45) is 4.61. The fourth-order valence-electron chi connectivity index (χ4n) is 0.916. The molecule has 0 fully saturated rings. The maximum atomic E-state index is 10.9. The standard InChI is InChI=1S/C9H18OS/c1-3-8(10)6-5-7-9(11)4-2/h9,11H,3-7H2,1-2H3/t9-/m0/s1. The van der Waals surface area contributed by atoms with Gasteiger partial charge in [0.2, 0.25) is 0 Å². The van der Waals surface area contributed by atoms with E-state index < -0.39 is 0 Å². The third-order valence-electron chi connectivity index (χ3n) is 1.86. The molecule has 66 valence electrons. The lowest BCUT2D eigenvalue weighted by Gasteiger charge is -2.05. The van der Waals surface area contributed by atoms with Crippen molar-refractivity contribution in [1.82, 2.24) is 0 Å². The monoisotopic (exact) mass is 174 g/mol. The van der Waals surface area contributed by atoms with Gasteiger partial charge in [-0.2, -0.15) is 12.6 Å². The van der Waals surface area contributed by atoms with Crippen molar-refractivity contribution in [2.45, 2.75) is 51.2 Å². The number of rotatable bonds is 6. The Balaban J connectivity index is 3.20. The van der Waals surface area contributed by atoms with Crippen molar-refractivity contribution in [3.8, 4) is 0 Å². The van der Waals surface area contributed by atoms with Gasteiger partial charge in [0.1, 0.15) is 5.78 Å². The van der Waals surface area contributed by atoms with E-state index in [1.54, 1.807) is 0 Å². The first-order valence-corrected chi connectivity index (χ1v) is 4.92. The van der Waals surface area contributed by atoms with Crippen LogP contribution in [0.4, 0.5) is 0 Å². The highest BCUT2D eigenvalue weighted by Gasteiger charge is 2.01. The number of hydrogen-bond donors (Lipinski definition) is 1. The Labute approximate surface area is 75.0 Å². The van der Waals surface area contributed by atoms with Crippen LogP contribution in [0, 0.1) is 0 Å². The molecule has 0 aromatic carbocycles. The fraction of sp³-hybridized carbons (Fsp3) is 0.889. The van der Waals surface area contributed by atoms with Crippen LogP contribution in [0.15, 0.2) is 0 Å². The van der Waals surface area contributed by atoms with Crippen LogP contribution in [0.5, 0.6) is 0 Å². The van der Waals surface area contributed by atoms with E-state index in [2.05, 4.69) is 19.6 Å². The molecule has 11 heavy (non-hydrogen) atoms. The first-order valence-electron chi connectivity index (χ1n) is 4.40. The summed E-state index contributed by atoms with van der Waals surface area (Å²) in [6, 6.07) is 0. The zero-order chi connectivity index (χ0) is 8.69. The predicted octanol–water partition coefficient (Wildman–Crippen LogP) is 2.84. The predicted molar refractivity (Wildman–Crippen MR) is 52.2 cm³/mol. The Morgan fingerprint density at radius 3 is 2.55 bits per heavy atom. The van der Waals surface area contributed by atoms with Crippen LogP contribution in [0.1, 0.15) is 46.0 Å². The van der Waals surface area contributed by atoms with Crippen molar-refractivity contribution in [3.05, 3.63) is 0 Å². The van der Waals surface area contributed by atoms with Crippen LogP contribution in [0.2, 0.25) is 0 Å². The van der Waals surface area contributed by atoms with Gasteiger partial charge in [-0.05, 0) is 19.3 Å². The molecule has 0 N–H and O–H groups in total. The summed E-state index contributed by atoms with van der Waals surface area (Å²) in [6.45, 7) is 4.04. The Kier molecular flexibility index (Phi) is 6.73. The molecule has 0 saturated heterocycles. The number of thiol groups is 1. The first kappa shape index (κ1) is 11.0. The van der Waals surface area contributed by atoms with Crippen LogP contribution >= 0.6 is 12.6 Å². The van der Waals surface area contributed by atoms with E-state index in [9.17, 15) is 4.79 Å². The summed E-state index contributed by atoms with van der Waals surface area (Å²) < 4.78 is 0. The van der Waals surface area contributed by atoms with Crippen molar-refractivity contribution in [1.29, 1.82) is 0 Å². The minimum atomic E-state index is 0.377. The van der Waals surface area contributed by atoms with E-state index in [-0.39, 0.29) is 0 Å². The lowest BCUT2D eigenvalue weighted by molar-refractivity contribution is -0.118. The molecule has 0 radical (unpaired) electrons. The molecule has 0 heterocycles. The molecule has 0 spiro atoms. The van der Waals surface area contributed by atoms with Gasteiger partial charge in [-0.1, -0.05) is 13.8 Å². The molecule has 0 aliphatic rings. The SMILES string of the molecule is CCC(=O)CCC[C@@H](S)CC. The van der Waals surface area contributed by atoms with E-state index in [1.165, 1.54) is 0 Å². The Hall–Kier alpha value is 0.0200. The van der Waals surface area contributed by atoms with E-state index in [0.29, 0.717) is 17.5 Å². The number of Topliss-reactive ketones (excluding diaryl/α,β-unsaturated/α-hetero) is 1. The molecule has 0 rings (SSSR count). The number of hydrogen-bond acceptors (Lipinski definition) is 2. The van der Waals surface area contributed by atoms with Gasteiger partial charge in [-0.25, -0.2) is 0 Å². The molecule has 1 nitrogen and oxygen atoms in total. The topological polar surface area (TPSA) is 17.1 Å². The third-order valence-corrected chi connectivity index (χ3v) is 2.48. The average Bonchev–Trinajstić information content (AvgIpc) is 2.04. The van der Waals surface area contributed by atoms with Crippen molar-refractivity contribution in [2.75, 3.05) is 0 Å². The largest absolute Gasteiger partial charge is 0.300 e.